The molecule has 28 heavy (non-hydrogen) atoms. The van der Waals surface area contributed by atoms with E-state index in [1.807, 2.05) is 34.3 Å². The van der Waals surface area contributed by atoms with Crippen LogP contribution in [-0.2, 0) is 13.2 Å². The Morgan fingerprint density at radius 3 is 2.89 bits per heavy atom. The van der Waals surface area contributed by atoms with Gasteiger partial charge < -0.3 is 13.9 Å². The Kier molecular flexibility index (Phi) is 3.91. The third kappa shape index (κ3) is 2.66. The molecule has 0 aliphatic carbocycles. The summed E-state index contributed by atoms with van der Waals surface area (Å²) in [6.07, 6.45) is 1.80. The summed E-state index contributed by atoms with van der Waals surface area (Å²) in [5.74, 6) is 1.05. The van der Waals surface area contributed by atoms with E-state index in [4.69, 9.17) is 16.3 Å². The summed E-state index contributed by atoms with van der Waals surface area (Å²) in [5.41, 5.74) is 3.73. The summed E-state index contributed by atoms with van der Waals surface area (Å²) >= 11 is 6.25. The fourth-order valence-electron chi connectivity index (χ4n) is 3.42. The number of aromatic nitrogens is 5. The molecule has 140 valence electrons. The minimum atomic E-state index is -0.413. The summed E-state index contributed by atoms with van der Waals surface area (Å²) in [5, 5.41) is 9.27. The van der Waals surface area contributed by atoms with Gasteiger partial charge >= 0.3 is 0 Å². The molecule has 0 radical (unpaired) electrons. The lowest BCUT2D eigenvalue weighted by molar-refractivity contribution is 0.276. The molecule has 0 saturated heterocycles. The molecular formula is C20H15ClFN5O. The Morgan fingerprint density at radius 1 is 1.18 bits per heavy atom. The number of benzene rings is 2. The maximum atomic E-state index is 13.9. The number of para-hydroxylation sites is 1. The molecule has 0 N–H and O–H groups in total. The fourth-order valence-corrected chi connectivity index (χ4v) is 3.59. The van der Waals surface area contributed by atoms with Gasteiger partial charge in [0.1, 0.15) is 6.61 Å². The van der Waals surface area contributed by atoms with E-state index < -0.39 is 5.82 Å². The van der Waals surface area contributed by atoms with Gasteiger partial charge in [0.2, 0.25) is 0 Å². The van der Waals surface area contributed by atoms with Crippen LogP contribution >= 0.6 is 11.6 Å². The van der Waals surface area contributed by atoms with E-state index in [1.54, 1.807) is 24.5 Å². The van der Waals surface area contributed by atoms with E-state index in [9.17, 15) is 4.39 Å². The number of halogens is 2. The van der Waals surface area contributed by atoms with Crippen molar-refractivity contribution in [2.45, 2.75) is 20.1 Å². The Hall–Kier alpha value is -3.19. The predicted molar refractivity (Wildman–Crippen MR) is 102 cm³/mol. The summed E-state index contributed by atoms with van der Waals surface area (Å²) in [4.78, 5) is 4.45. The molecular weight excluding hydrogens is 381 g/mol. The summed E-state index contributed by atoms with van der Waals surface area (Å²) in [6, 6.07) is 11.9. The minimum absolute atomic E-state index is 0.0943. The highest BCUT2D eigenvalue weighted by Gasteiger charge is 2.25. The summed E-state index contributed by atoms with van der Waals surface area (Å²) < 4.78 is 23.5. The number of hydrogen-bond donors (Lipinski definition) is 0. The quantitative estimate of drug-likeness (QED) is 0.460. The predicted octanol–water partition coefficient (Wildman–Crippen LogP) is 4.17. The highest BCUT2D eigenvalue weighted by atomic mass is 35.5. The van der Waals surface area contributed by atoms with Crippen LogP contribution in [0.5, 0.6) is 5.75 Å². The highest BCUT2D eigenvalue weighted by Crippen LogP contribution is 2.34. The molecule has 6 nitrogen and oxygen atoms in total. The van der Waals surface area contributed by atoms with Crippen LogP contribution in [0.4, 0.5) is 4.39 Å². The van der Waals surface area contributed by atoms with Gasteiger partial charge in [-0.3, -0.25) is 0 Å². The maximum Gasteiger partial charge on any atom is 0.171 e. The number of aryl methyl sites for hydroxylation is 1. The Labute approximate surface area is 165 Å². The second-order valence-corrected chi connectivity index (χ2v) is 6.99. The van der Waals surface area contributed by atoms with Crippen LogP contribution in [0.1, 0.15) is 17.2 Å². The molecule has 2 aromatic heterocycles. The average Bonchev–Trinajstić information content (AvgIpc) is 3.22. The number of nitrogens with zero attached hydrogens (tertiary/aromatic N) is 5. The van der Waals surface area contributed by atoms with Crippen LogP contribution in [-0.4, -0.2) is 24.3 Å². The van der Waals surface area contributed by atoms with Gasteiger partial charge in [-0.25, -0.2) is 9.37 Å². The first kappa shape index (κ1) is 16.9. The Morgan fingerprint density at radius 2 is 2.04 bits per heavy atom. The van der Waals surface area contributed by atoms with Crippen LogP contribution in [0.2, 0.25) is 5.02 Å². The number of rotatable bonds is 3. The standard InChI is InChI=1S/C20H15ClFN5O/c1-12-17-9-26-19(10-28-18-5-3-2-4-15(18)22)24-25-20(26)14-8-13(21)6-7-16(14)27(17)11-23-12/h2-8,11H,9-10H2,1H3. The van der Waals surface area contributed by atoms with Crippen molar-refractivity contribution in [3.05, 3.63) is 76.8 Å². The Bertz CT molecular complexity index is 1200. The van der Waals surface area contributed by atoms with Crippen molar-refractivity contribution in [1.82, 2.24) is 24.3 Å². The van der Waals surface area contributed by atoms with Crippen LogP contribution in [0.15, 0.2) is 48.8 Å². The van der Waals surface area contributed by atoms with Gasteiger partial charge in [0.25, 0.3) is 0 Å². The van der Waals surface area contributed by atoms with Crippen molar-refractivity contribution >= 4 is 11.6 Å². The van der Waals surface area contributed by atoms with Crippen molar-refractivity contribution in [2.75, 3.05) is 0 Å². The fraction of sp³-hybridized carbons (Fsp3) is 0.150. The van der Waals surface area contributed by atoms with Crippen molar-refractivity contribution in [3.8, 4) is 22.8 Å². The molecule has 8 heteroatoms. The molecule has 1 aliphatic heterocycles. The molecule has 0 spiro atoms. The van der Waals surface area contributed by atoms with Gasteiger partial charge in [0, 0.05) is 10.6 Å². The van der Waals surface area contributed by atoms with Gasteiger partial charge in [-0.15, -0.1) is 10.2 Å². The smallest absolute Gasteiger partial charge is 0.171 e. The van der Waals surface area contributed by atoms with Crippen molar-refractivity contribution < 1.29 is 9.13 Å². The molecule has 0 bridgehead atoms. The van der Waals surface area contributed by atoms with E-state index >= 15 is 0 Å². The van der Waals surface area contributed by atoms with Gasteiger partial charge in [-0.05, 0) is 37.3 Å². The molecule has 2 aromatic carbocycles. The monoisotopic (exact) mass is 395 g/mol. The van der Waals surface area contributed by atoms with E-state index in [0.29, 0.717) is 23.2 Å². The van der Waals surface area contributed by atoms with Gasteiger partial charge in [0.05, 0.1) is 29.9 Å². The zero-order valence-electron chi connectivity index (χ0n) is 14.9. The first-order valence-electron chi connectivity index (χ1n) is 8.74. The first-order valence-corrected chi connectivity index (χ1v) is 9.12. The Balaban J connectivity index is 1.60. The highest BCUT2D eigenvalue weighted by molar-refractivity contribution is 6.31. The van der Waals surface area contributed by atoms with Crippen molar-refractivity contribution in [2.24, 2.45) is 0 Å². The second kappa shape index (κ2) is 6.45. The molecule has 0 fully saturated rings. The van der Waals surface area contributed by atoms with E-state index in [0.717, 1.165) is 22.6 Å². The number of ether oxygens (including phenoxy) is 1. The molecule has 1 aliphatic rings. The molecule has 0 unspecified atom stereocenters. The van der Waals surface area contributed by atoms with Crippen LogP contribution in [0, 0.1) is 12.7 Å². The van der Waals surface area contributed by atoms with Gasteiger partial charge in [-0.1, -0.05) is 23.7 Å². The topological polar surface area (TPSA) is 57.8 Å². The first-order chi connectivity index (χ1) is 13.6. The number of imidazole rings is 1. The van der Waals surface area contributed by atoms with Crippen LogP contribution in [0.3, 0.4) is 0 Å². The lowest BCUT2D eigenvalue weighted by Crippen LogP contribution is -2.10. The minimum Gasteiger partial charge on any atom is -0.483 e. The normalized spacial score (nSPS) is 12.1. The molecule has 3 heterocycles. The lowest BCUT2D eigenvalue weighted by Gasteiger charge is -2.10. The van der Waals surface area contributed by atoms with Gasteiger partial charge in [-0.2, -0.15) is 0 Å². The number of fused-ring (bicyclic) bond motifs is 5. The van der Waals surface area contributed by atoms with E-state index in [1.165, 1.54) is 6.07 Å². The molecule has 4 aromatic rings. The second-order valence-electron chi connectivity index (χ2n) is 6.55. The van der Waals surface area contributed by atoms with Gasteiger partial charge in [0.15, 0.2) is 23.2 Å². The number of hydrogen-bond acceptors (Lipinski definition) is 4. The maximum absolute atomic E-state index is 13.9. The van der Waals surface area contributed by atoms with E-state index in [2.05, 4.69) is 15.2 Å². The molecule has 0 atom stereocenters. The molecule has 0 saturated carbocycles. The largest absolute Gasteiger partial charge is 0.483 e. The third-order valence-electron chi connectivity index (χ3n) is 4.86. The zero-order valence-corrected chi connectivity index (χ0v) is 15.7. The third-order valence-corrected chi connectivity index (χ3v) is 5.10. The molecule has 0 amide bonds. The summed E-state index contributed by atoms with van der Waals surface area (Å²) in [6.45, 7) is 2.58. The average molecular weight is 396 g/mol. The summed E-state index contributed by atoms with van der Waals surface area (Å²) in [7, 11) is 0. The SMILES string of the molecule is Cc1ncn2c1Cn1c(COc3ccccc3F)nnc1-c1cc(Cl)ccc1-2. The lowest BCUT2D eigenvalue weighted by atomic mass is 10.1. The van der Waals surface area contributed by atoms with Crippen LogP contribution in [0.25, 0.3) is 17.1 Å². The van der Waals surface area contributed by atoms with Crippen LogP contribution < -0.4 is 4.74 Å². The van der Waals surface area contributed by atoms with E-state index in [-0.39, 0.29) is 12.4 Å². The van der Waals surface area contributed by atoms with Crippen molar-refractivity contribution in [1.29, 1.82) is 0 Å². The zero-order chi connectivity index (χ0) is 19.3. The molecule has 5 rings (SSSR count). The van der Waals surface area contributed by atoms with Crippen molar-refractivity contribution in [3.63, 3.8) is 0 Å².